The van der Waals surface area contributed by atoms with Gasteiger partial charge in [-0.15, -0.1) is 0 Å². The van der Waals surface area contributed by atoms with E-state index in [0.717, 1.165) is 30.6 Å². The molecule has 2 heterocycles. The highest BCUT2D eigenvalue weighted by atomic mass is 19.4. The fourth-order valence-electron chi connectivity index (χ4n) is 5.56. The molecule has 4 rings (SSSR count). The van der Waals surface area contributed by atoms with Crippen molar-refractivity contribution in [2.24, 2.45) is 0 Å². The van der Waals surface area contributed by atoms with Gasteiger partial charge in [0.2, 0.25) is 5.95 Å². The van der Waals surface area contributed by atoms with E-state index in [4.69, 9.17) is 14.6 Å². The number of aliphatic carboxylic acids is 1. The van der Waals surface area contributed by atoms with Gasteiger partial charge in [0.15, 0.2) is 5.75 Å². The molecule has 2 atom stereocenters. The molecule has 2 aromatic carbocycles. The topological polar surface area (TPSA) is 105 Å². The van der Waals surface area contributed by atoms with Crippen molar-refractivity contribution in [2.45, 2.75) is 76.7 Å². The molecular weight excluding hydrogens is 691 g/mol. The zero-order valence-electron chi connectivity index (χ0n) is 26.5. The van der Waals surface area contributed by atoms with Gasteiger partial charge in [0, 0.05) is 19.0 Å². The maximum absolute atomic E-state index is 14.0. The third-order valence-electron chi connectivity index (χ3n) is 7.82. The van der Waals surface area contributed by atoms with Crippen molar-refractivity contribution in [1.82, 2.24) is 9.97 Å². The highest BCUT2D eigenvalue weighted by Gasteiger charge is 2.42. The normalized spacial score (nSPS) is 16.5. The minimum atomic E-state index is -5.18. The SMILES string of the molecule is CCOC(=O)N1c2ccc(C(F)(F)F)cc2C(N(Cc2cc(C(F)(F)F)cc(C(F)(F)F)c2)c2ncc(OCCCC(=O)O)cn2)C[C@H]1CC. The molecule has 0 bridgehead atoms. The highest BCUT2D eigenvalue weighted by molar-refractivity contribution is 5.90. The van der Waals surface area contributed by atoms with Crippen LogP contribution in [0.2, 0.25) is 0 Å². The Morgan fingerprint density at radius 2 is 1.50 bits per heavy atom. The summed E-state index contributed by atoms with van der Waals surface area (Å²) in [4.78, 5) is 34.6. The predicted octanol–water partition coefficient (Wildman–Crippen LogP) is 8.67. The smallest absolute Gasteiger partial charge is 0.416 e. The number of rotatable bonds is 11. The second kappa shape index (κ2) is 15.0. The largest absolute Gasteiger partial charge is 0.490 e. The Labute approximate surface area is 279 Å². The fourth-order valence-corrected chi connectivity index (χ4v) is 5.56. The van der Waals surface area contributed by atoms with E-state index in [2.05, 4.69) is 9.97 Å². The first-order valence-electron chi connectivity index (χ1n) is 15.2. The number of benzene rings is 2. The van der Waals surface area contributed by atoms with Crippen LogP contribution in [0.1, 0.15) is 73.4 Å². The lowest BCUT2D eigenvalue weighted by molar-refractivity contribution is -0.143. The maximum atomic E-state index is 14.0. The van der Waals surface area contributed by atoms with E-state index < -0.39 is 71.5 Å². The molecule has 3 aromatic rings. The van der Waals surface area contributed by atoms with Crippen molar-refractivity contribution in [3.63, 3.8) is 0 Å². The molecule has 1 aliphatic rings. The van der Waals surface area contributed by atoms with Crippen molar-refractivity contribution in [1.29, 1.82) is 0 Å². The van der Waals surface area contributed by atoms with E-state index in [1.165, 1.54) is 16.7 Å². The Morgan fingerprint density at radius 3 is 2.02 bits per heavy atom. The van der Waals surface area contributed by atoms with Crippen LogP contribution in [0.15, 0.2) is 48.8 Å². The van der Waals surface area contributed by atoms with Crippen molar-refractivity contribution in [3.8, 4) is 5.75 Å². The molecule has 9 nitrogen and oxygen atoms in total. The van der Waals surface area contributed by atoms with Crippen molar-refractivity contribution >= 4 is 23.7 Å². The predicted molar refractivity (Wildman–Crippen MR) is 159 cm³/mol. The molecule has 1 N–H and O–H groups in total. The van der Waals surface area contributed by atoms with Crippen LogP contribution in [0, 0.1) is 0 Å². The standard InChI is InChI=1S/C32H31F9N4O5/c1-3-22-14-26(24-13-19(30(33,34)35)7-8-25(24)45(22)29(48)49-4-2)44(28-42-15-23(16-43-28)50-9-5-6-27(46)47)17-18-10-20(31(36,37)38)12-21(11-18)32(39,40)41/h7-8,10-13,15-16,22,26H,3-6,9,14,17H2,1-2H3,(H,46,47)/t22-,26?/m1/s1. The van der Waals surface area contributed by atoms with Crippen molar-refractivity contribution < 1.29 is 63.7 Å². The number of hydrogen-bond donors (Lipinski definition) is 1. The summed E-state index contributed by atoms with van der Waals surface area (Å²) < 4.78 is 135. The van der Waals surface area contributed by atoms with E-state index in [9.17, 15) is 49.1 Å². The van der Waals surface area contributed by atoms with E-state index in [1.807, 2.05) is 0 Å². The summed E-state index contributed by atoms with van der Waals surface area (Å²) >= 11 is 0. The van der Waals surface area contributed by atoms with Gasteiger partial charge in [-0.3, -0.25) is 9.69 Å². The van der Waals surface area contributed by atoms with Crippen LogP contribution in [-0.2, 0) is 34.6 Å². The first kappa shape index (κ1) is 38.0. The fraction of sp³-hybridized carbons (Fsp3) is 0.438. The Morgan fingerprint density at radius 1 is 0.900 bits per heavy atom. The number of amides is 1. The van der Waals surface area contributed by atoms with Crippen LogP contribution in [0.5, 0.6) is 5.75 Å². The average molecular weight is 723 g/mol. The third kappa shape index (κ3) is 9.06. The Hall–Kier alpha value is -4.77. The quantitative estimate of drug-likeness (QED) is 0.155. The lowest BCUT2D eigenvalue weighted by Gasteiger charge is -2.44. The van der Waals surface area contributed by atoms with Crippen LogP contribution < -0.4 is 14.5 Å². The van der Waals surface area contributed by atoms with Crippen LogP contribution in [0.3, 0.4) is 0 Å². The number of nitrogens with zero attached hydrogens (tertiary/aromatic N) is 4. The third-order valence-corrected chi connectivity index (χ3v) is 7.82. The van der Waals surface area contributed by atoms with Gasteiger partial charge in [0.1, 0.15) is 0 Å². The molecule has 0 saturated carbocycles. The summed E-state index contributed by atoms with van der Waals surface area (Å²) in [6.45, 7) is 2.36. The molecular formula is C32H31F9N4O5. The first-order valence-corrected chi connectivity index (χ1v) is 15.2. The Bertz CT molecular complexity index is 1630. The average Bonchev–Trinajstić information content (AvgIpc) is 3.03. The van der Waals surface area contributed by atoms with Crippen LogP contribution >= 0.6 is 0 Å². The lowest BCUT2D eigenvalue weighted by atomic mass is 9.87. The minimum absolute atomic E-state index is 0.0112. The number of aromatic nitrogens is 2. The minimum Gasteiger partial charge on any atom is -0.490 e. The van der Waals surface area contributed by atoms with Gasteiger partial charge in [-0.2, -0.15) is 39.5 Å². The summed E-state index contributed by atoms with van der Waals surface area (Å²) in [6, 6.07) is 1.57. The van der Waals surface area contributed by atoms with E-state index >= 15 is 0 Å². The molecule has 0 radical (unpaired) electrons. The summed E-state index contributed by atoms with van der Waals surface area (Å²) in [5.74, 6) is -1.31. The number of carboxylic acids is 1. The van der Waals surface area contributed by atoms with Gasteiger partial charge in [0.05, 0.1) is 54.0 Å². The number of carbonyl (C=O) groups is 2. The Kier molecular flexibility index (Phi) is 11.4. The summed E-state index contributed by atoms with van der Waals surface area (Å²) in [7, 11) is 0. The van der Waals surface area contributed by atoms with E-state index in [0.29, 0.717) is 12.1 Å². The molecule has 50 heavy (non-hydrogen) atoms. The number of halogens is 9. The van der Waals surface area contributed by atoms with Gasteiger partial charge >= 0.3 is 30.6 Å². The highest BCUT2D eigenvalue weighted by Crippen LogP contribution is 2.46. The second-order valence-corrected chi connectivity index (χ2v) is 11.3. The maximum Gasteiger partial charge on any atom is 0.416 e. The number of carboxylic acid groups (broad SMARTS) is 1. The zero-order valence-corrected chi connectivity index (χ0v) is 26.5. The van der Waals surface area contributed by atoms with Gasteiger partial charge < -0.3 is 19.5 Å². The molecule has 0 spiro atoms. The van der Waals surface area contributed by atoms with Crippen molar-refractivity contribution in [2.75, 3.05) is 23.0 Å². The number of hydrogen-bond acceptors (Lipinski definition) is 7. The number of fused-ring (bicyclic) bond motifs is 1. The number of carbonyl (C=O) groups excluding carboxylic acids is 1. The zero-order chi connectivity index (χ0) is 37.0. The summed E-state index contributed by atoms with van der Waals surface area (Å²) in [5.41, 5.74) is -4.96. The number of anilines is 2. The van der Waals surface area contributed by atoms with E-state index in [1.54, 1.807) is 6.92 Å². The van der Waals surface area contributed by atoms with Crippen molar-refractivity contribution in [3.05, 3.63) is 76.6 Å². The van der Waals surface area contributed by atoms with Crippen LogP contribution in [-0.4, -0.2) is 46.4 Å². The van der Waals surface area contributed by atoms with E-state index in [-0.39, 0.29) is 67.9 Å². The molecule has 1 aliphatic heterocycles. The lowest BCUT2D eigenvalue weighted by Crippen LogP contribution is -2.48. The molecule has 18 heteroatoms. The molecule has 1 aromatic heterocycles. The van der Waals surface area contributed by atoms with Gasteiger partial charge in [-0.1, -0.05) is 6.92 Å². The van der Waals surface area contributed by atoms with Crippen LogP contribution in [0.25, 0.3) is 0 Å². The number of alkyl halides is 9. The molecule has 1 amide bonds. The summed E-state index contributed by atoms with van der Waals surface area (Å²) in [6.07, 6.45) is -13.8. The van der Waals surface area contributed by atoms with Gasteiger partial charge in [0.25, 0.3) is 0 Å². The first-order chi connectivity index (χ1) is 23.3. The Balaban J connectivity index is 1.90. The van der Waals surface area contributed by atoms with Gasteiger partial charge in [-0.25, -0.2) is 14.8 Å². The molecule has 0 aliphatic carbocycles. The second-order valence-electron chi connectivity index (χ2n) is 11.3. The molecule has 272 valence electrons. The van der Waals surface area contributed by atoms with Crippen LogP contribution in [0.4, 0.5) is 55.9 Å². The molecule has 1 unspecified atom stereocenters. The molecule has 0 saturated heterocycles. The summed E-state index contributed by atoms with van der Waals surface area (Å²) in [5, 5.41) is 8.82. The monoisotopic (exact) mass is 722 g/mol. The molecule has 0 fully saturated rings. The number of ether oxygens (including phenoxy) is 2. The van der Waals surface area contributed by atoms with Gasteiger partial charge in [-0.05, 0) is 73.7 Å².